The fourth-order valence-electron chi connectivity index (χ4n) is 4.75. The van der Waals surface area contributed by atoms with E-state index < -0.39 is 33.4 Å². The van der Waals surface area contributed by atoms with E-state index in [1.165, 1.54) is 41.3 Å². The van der Waals surface area contributed by atoms with Crippen LogP contribution in [-0.4, -0.2) is 49.2 Å². The molecule has 12 heteroatoms. The topological polar surface area (TPSA) is 130 Å². The maximum absolute atomic E-state index is 14.4. The highest BCUT2D eigenvalue weighted by Crippen LogP contribution is 2.27. The second-order valence-electron chi connectivity index (χ2n) is 11.1. The Morgan fingerprint density at radius 1 is 0.848 bits per heavy atom. The number of nitro benzene ring substituents is 1. The van der Waals surface area contributed by atoms with Crippen LogP contribution in [0.25, 0.3) is 0 Å². The number of non-ortho nitro benzene ring substituents is 1. The van der Waals surface area contributed by atoms with Crippen molar-refractivity contribution in [2.24, 2.45) is 5.92 Å². The minimum atomic E-state index is -4.31. The molecule has 0 heterocycles. The minimum absolute atomic E-state index is 0.0260. The lowest BCUT2D eigenvalue weighted by atomic mass is 10.0. The van der Waals surface area contributed by atoms with Crippen LogP contribution in [0.3, 0.4) is 0 Å². The number of benzene rings is 4. The van der Waals surface area contributed by atoms with Crippen molar-refractivity contribution in [3.05, 3.63) is 135 Å². The average molecular weight is 708 g/mol. The zero-order valence-electron chi connectivity index (χ0n) is 25.5. The van der Waals surface area contributed by atoms with Crippen LogP contribution in [0.5, 0.6) is 0 Å². The number of sulfonamides is 1. The van der Waals surface area contributed by atoms with Gasteiger partial charge >= 0.3 is 0 Å². The number of nitro groups is 1. The molecule has 4 aromatic rings. The molecule has 0 aliphatic carbocycles. The molecule has 0 saturated carbocycles. The van der Waals surface area contributed by atoms with Crippen LogP contribution >= 0.6 is 15.9 Å². The molecule has 0 radical (unpaired) electrons. The van der Waals surface area contributed by atoms with E-state index in [9.17, 15) is 28.1 Å². The molecule has 10 nitrogen and oxygen atoms in total. The van der Waals surface area contributed by atoms with Gasteiger partial charge in [0.25, 0.3) is 15.7 Å². The quantitative estimate of drug-likeness (QED) is 0.127. The van der Waals surface area contributed by atoms with Crippen LogP contribution in [0.4, 0.5) is 11.4 Å². The van der Waals surface area contributed by atoms with Crippen LogP contribution in [0.15, 0.2) is 119 Å². The zero-order chi connectivity index (χ0) is 33.3. The smallest absolute Gasteiger partial charge is 0.269 e. The molecule has 1 atom stereocenters. The third-order valence-corrected chi connectivity index (χ3v) is 9.50. The normalized spacial score (nSPS) is 11.9. The number of amides is 2. The van der Waals surface area contributed by atoms with E-state index in [0.29, 0.717) is 6.54 Å². The summed E-state index contributed by atoms with van der Waals surface area (Å²) in [5, 5.41) is 14.3. The Balaban J connectivity index is 1.80. The molecule has 4 rings (SSSR count). The van der Waals surface area contributed by atoms with Gasteiger partial charge in [-0.15, -0.1) is 0 Å². The summed E-state index contributed by atoms with van der Waals surface area (Å²) in [4.78, 5) is 40.3. The molecule has 0 aliphatic heterocycles. The molecule has 1 N–H and O–H groups in total. The van der Waals surface area contributed by atoms with Crippen molar-refractivity contribution in [3.8, 4) is 0 Å². The number of nitrogens with one attached hydrogen (secondary N) is 1. The first kappa shape index (κ1) is 34.3. The molecular formula is C34H35BrN4O6S. The molecule has 2 amide bonds. The third-order valence-electron chi connectivity index (χ3n) is 7.18. The van der Waals surface area contributed by atoms with Crippen molar-refractivity contribution in [1.82, 2.24) is 10.2 Å². The predicted molar refractivity (Wildman–Crippen MR) is 181 cm³/mol. The summed E-state index contributed by atoms with van der Waals surface area (Å²) in [7, 11) is -4.31. The highest BCUT2D eigenvalue weighted by atomic mass is 79.9. The molecule has 0 spiro atoms. The van der Waals surface area contributed by atoms with Crippen LogP contribution in [0.1, 0.15) is 25.0 Å². The van der Waals surface area contributed by atoms with Crippen molar-refractivity contribution in [2.75, 3.05) is 17.4 Å². The molecule has 1 unspecified atom stereocenters. The Labute approximate surface area is 277 Å². The summed E-state index contributed by atoms with van der Waals surface area (Å²) < 4.78 is 29.8. The summed E-state index contributed by atoms with van der Waals surface area (Å²) >= 11 is 3.43. The van der Waals surface area contributed by atoms with Gasteiger partial charge in [-0.1, -0.05) is 90.4 Å². The highest BCUT2D eigenvalue weighted by molar-refractivity contribution is 9.10. The van der Waals surface area contributed by atoms with Gasteiger partial charge in [-0.3, -0.25) is 24.0 Å². The van der Waals surface area contributed by atoms with Gasteiger partial charge in [0.05, 0.1) is 15.5 Å². The summed E-state index contributed by atoms with van der Waals surface area (Å²) in [5.41, 5.74) is 1.40. The highest BCUT2D eigenvalue weighted by Gasteiger charge is 2.34. The zero-order valence-corrected chi connectivity index (χ0v) is 27.9. The SMILES string of the molecule is CC(C)CNC(=O)C(Cc1ccccc1)N(Cc1ccc(Br)cc1)C(=O)CN(c1ccc([N+](=O)[O-])cc1)S(=O)(=O)c1ccccc1. The lowest BCUT2D eigenvalue weighted by Crippen LogP contribution is -2.53. The standard InChI is InChI=1S/C34H35BrN4O6S/c1-25(2)22-36-34(41)32(21-26-9-5-3-6-10-26)37(23-27-13-15-28(35)16-14-27)33(40)24-38(29-17-19-30(20-18-29)39(42)43)46(44,45)31-11-7-4-8-12-31/h3-20,25,32H,21-24H2,1-2H3,(H,36,41). The van der Waals surface area contributed by atoms with E-state index in [4.69, 9.17) is 0 Å². The number of nitrogens with zero attached hydrogens (tertiary/aromatic N) is 3. The van der Waals surface area contributed by atoms with Crippen molar-refractivity contribution < 1.29 is 22.9 Å². The van der Waals surface area contributed by atoms with Crippen LogP contribution < -0.4 is 9.62 Å². The first-order valence-corrected chi connectivity index (χ1v) is 16.9. The summed E-state index contributed by atoms with van der Waals surface area (Å²) in [6.07, 6.45) is 0.190. The van der Waals surface area contributed by atoms with Crippen molar-refractivity contribution in [1.29, 1.82) is 0 Å². The maximum atomic E-state index is 14.4. The molecule has 0 bridgehead atoms. The van der Waals surface area contributed by atoms with Crippen LogP contribution in [-0.2, 0) is 32.6 Å². The first-order valence-electron chi connectivity index (χ1n) is 14.6. The summed E-state index contributed by atoms with van der Waals surface area (Å²) in [6.45, 7) is 3.69. The number of carbonyl (C=O) groups excluding carboxylic acids is 2. The lowest BCUT2D eigenvalue weighted by molar-refractivity contribution is -0.384. The monoisotopic (exact) mass is 706 g/mol. The van der Waals surface area contributed by atoms with Gasteiger partial charge in [-0.2, -0.15) is 0 Å². The molecule has 4 aromatic carbocycles. The van der Waals surface area contributed by atoms with Gasteiger partial charge in [0.1, 0.15) is 12.6 Å². The van der Waals surface area contributed by atoms with Gasteiger partial charge in [0.2, 0.25) is 11.8 Å². The summed E-state index contributed by atoms with van der Waals surface area (Å²) in [5.74, 6) is -0.831. The van der Waals surface area contributed by atoms with E-state index >= 15 is 0 Å². The van der Waals surface area contributed by atoms with Gasteiger partial charge in [-0.25, -0.2) is 8.42 Å². The van der Waals surface area contributed by atoms with Gasteiger partial charge in [0, 0.05) is 36.1 Å². The van der Waals surface area contributed by atoms with E-state index in [2.05, 4.69) is 21.2 Å². The molecule has 46 heavy (non-hydrogen) atoms. The first-order chi connectivity index (χ1) is 22.0. The molecule has 0 aromatic heterocycles. The largest absolute Gasteiger partial charge is 0.354 e. The maximum Gasteiger partial charge on any atom is 0.269 e. The van der Waals surface area contributed by atoms with Gasteiger partial charge in [-0.05, 0) is 53.4 Å². The van der Waals surface area contributed by atoms with Crippen LogP contribution in [0.2, 0.25) is 0 Å². The molecule has 0 aliphatic rings. The van der Waals surface area contributed by atoms with Crippen molar-refractivity contribution in [2.45, 2.75) is 37.8 Å². The Kier molecular flexibility index (Phi) is 11.7. The number of carbonyl (C=O) groups is 2. The Morgan fingerprint density at radius 2 is 1.43 bits per heavy atom. The van der Waals surface area contributed by atoms with Gasteiger partial charge in [0.15, 0.2) is 0 Å². The lowest BCUT2D eigenvalue weighted by Gasteiger charge is -2.34. The molecule has 240 valence electrons. The number of halogens is 1. The van der Waals surface area contributed by atoms with E-state index in [1.54, 1.807) is 18.2 Å². The molecular weight excluding hydrogens is 672 g/mol. The summed E-state index contributed by atoms with van der Waals surface area (Å²) in [6, 6.07) is 28.2. The predicted octanol–water partition coefficient (Wildman–Crippen LogP) is 5.96. The van der Waals surface area contributed by atoms with Crippen molar-refractivity contribution in [3.63, 3.8) is 0 Å². The number of hydrogen-bond acceptors (Lipinski definition) is 6. The number of hydrogen-bond donors (Lipinski definition) is 1. The fraction of sp³-hybridized carbons (Fsp3) is 0.235. The second kappa shape index (κ2) is 15.6. The second-order valence-corrected chi connectivity index (χ2v) is 13.9. The third kappa shape index (κ3) is 9.01. The van der Waals surface area contributed by atoms with E-state index in [-0.39, 0.29) is 41.1 Å². The van der Waals surface area contributed by atoms with Crippen LogP contribution in [0, 0.1) is 16.0 Å². The Bertz CT molecular complexity index is 1740. The minimum Gasteiger partial charge on any atom is -0.354 e. The Hall–Kier alpha value is -4.55. The van der Waals surface area contributed by atoms with E-state index in [1.807, 2.05) is 68.4 Å². The number of rotatable bonds is 14. The Morgan fingerprint density at radius 3 is 2.00 bits per heavy atom. The van der Waals surface area contributed by atoms with Gasteiger partial charge < -0.3 is 10.2 Å². The van der Waals surface area contributed by atoms with E-state index in [0.717, 1.165) is 19.9 Å². The average Bonchev–Trinajstić information content (AvgIpc) is 3.05. The fourth-order valence-corrected chi connectivity index (χ4v) is 6.45. The number of anilines is 1. The molecule has 0 saturated heterocycles. The molecule has 0 fully saturated rings. The van der Waals surface area contributed by atoms with Crippen molar-refractivity contribution >= 4 is 49.1 Å².